The summed E-state index contributed by atoms with van der Waals surface area (Å²) in [4.78, 5) is 26.8. The molecule has 1 aliphatic rings. The molecular weight excluding hydrogens is 248 g/mol. The van der Waals surface area contributed by atoms with Crippen LogP contribution in [-0.4, -0.2) is 71.7 Å². The van der Waals surface area contributed by atoms with Crippen LogP contribution in [0.25, 0.3) is 0 Å². The molecule has 0 bridgehead atoms. The second-order valence-electron chi connectivity index (χ2n) is 4.87. The maximum Gasteiger partial charge on any atom is 0.323 e. The first-order chi connectivity index (χ1) is 8.99. The summed E-state index contributed by atoms with van der Waals surface area (Å²) in [5, 5.41) is 8.93. The fourth-order valence-corrected chi connectivity index (χ4v) is 2.14. The van der Waals surface area contributed by atoms with Gasteiger partial charge in [0.15, 0.2) is 0 Å². The van der Waals surface area contributed by atoms with Crippen molar-refractivity contribution >= 4 is 11.9 Å². The van der Waals surface area contributed by atoms with E-state index >= 15 is 0 Å². The summed E-state index contributed by atoms with van der Waals surface area (Å²) in [6.45, 7) is 8.33. The molecule has 0 aromatic rings. The van der Waals surface area contributed by atoms with Crippen molar-refractivity contribution in [3.05, 3.63) is 0 Å². The number of hydrogen-bond donors (Lipinski definition) is 1. The van der Waals surface area contributed by atoms with E-state index in [0.29, 0.717) is 13.2 Å². The molecule has 1 fully saturated rings. The molecule has 1 heterocycles. The van der Waals surface area contributed by atoms with Crippen molar-refractivity contribution in [2.45, 2.75) is 39.3 Å². The van der Waals surface area contributed by atoms with Gasteiger partial charge in [-0.15, -0.1) is 0 Å². The van der Waals surface area contributed by atoms with Crippen LogP contribution in [0.2, 0.25) is 0 Å². The van der Waals surface area contributed by atoms with Crippen LogP contribution in [0.3, 0.4) is 0 Å². The molecule has 0 aromatic carbocycles. The van der Waals surface area contributed by atoms with E-state index in [4.69, 9.17) is 9.84 Å². The van der Waals surface area contributed by atoms with E-state index in [1.165, 1.54) is 4.90 Å². The Morgan fingerprint density at radius 1 is 1.47 bits per heavy atom. The average molecular weight is 272 g/mol. The number of carboxylic acids is 1. The van der Waals surface area contributed by atoms with Crippen molar-refractivity contribution in [1.29, 1.82) is 0 Å². The number of amides is 1. The first-order valence-electron chi connectivity index (χ1n) is 6.85. The zero-order chi connectivity index (χ0) is 14.4. The van der Waals surface area contributed by atoms with E-state index in [2.05, 4.69) is 4.90 Å². The van der Waals surface area contributed by atoms with E-state index in [-0.39, 0.29) is 18.5 Å². The van der Waals surface area contributed by atoms with E-state index in [9.17, 15) is 9.59 Å². The van der Waals surface area contributed by atoms with Gasteiger partial charge in [-0.2, -0.15) is 0 Å². The Labute approximate surface area is 114 Å². The van der Waals surface area contributed by atoms with Crippen molar-refractivity contribution in [1.82, 2.24) is 9.80 Å². The van der Waals surface area contributed by atoms with Gasteiger partial charge in [-0.3, -0.25) is 14.5 Å². The highest BCUT2D eigenvalue weighted by atomic mass is 16.5. The third kappa shape index (κ3) is 4.47. The number of aliphatic carboxylic acids is 1. The molecule has 0 aliphatic carbocycles. The zero-order valence-corrected chi connectivity index (χ0v) is 12.0. The standard InChI is InChI=1S/C13H24N2O4/c1-4-10(3)15(9-12(16)17)13(18)11-8-14(5-2)6-7-19-11/h10-11H,4-9H2,1-3H3,(H,16,17)/t10-,11-/m1/s1. The molecule has 2 atom stereocenters. The number of ether oxygens (including phenoxy) is 1. The van der Waals surface area contributed by atoms with Gasteiger partial charge >= 0.3 is 5.97 Å². The van der Waals surface area contributed by atoms with Crippen LogP contribution in [0.1, 0.15) is 27.2 Å². The summed E-state index contributed by atoms with van der Waals surface area (Å²) in [5.74, 6) is -1.20. The van der Waals surface area contributed by atoms with Gasteiger partial charge in [-0.05, 0) is 19.9 Å². The summed E-state index contributed by atoms with van der Waals surface area (Å²) < 4.78 is 5.50. The SMILES string of the molecule is CC[C@@H](C)N(CC(=O)O)C(=O)[C@H]1CN(CC)CCO1. The predicted molar refractivity (Wildman–Crippen MR) is 71.0 cm³/mol. The Bertz CT molecular complexity index is 322. The molecule has 1 saturated heterocycles. The summed E-state index contributed by atoms with van der Waals surface area (Å²) in [7, 11) is 0. The molecule has 1 rings (SSSR count). The largest absolute Gasteiger partial charge is 0.480 e. The highest BCUT2D eigenvalue weighted by molar-refractivity contribution is 5.85. The van der Waals surface area contributed by atoms with Gasteiger partial charge < -0.3 is 14.7 Å². The fourth-order valence-electron chi connectivity index (χ4n) is 2.14. The Morgan fingerprint density at radius 3 is 2.68 bits per heavy atom. The number of rotatable bonds is 6. The number of likely N-dealkylation sites (N-methyl/N-ethyl adjacent to an activating group) is 1. The molecule has 0 radical (unpaired) electrons. The number of nitrogens with zero attached hydrogens (tertiary/aromatic N) is 2. The molecule has 6 heteroatoms. The quantitative estimate of drug-likeness (QED) is 0.759. The smallest absolute Gasteiger partial charge is 0.323 e. The molecule has 6 nitrogen and oxygen atoms in total. The van der Waals surface area contributed by atoms with Gasteiger partial charge in [0.25, 0.3) is 5.91 Å². The molecule has 110 valence electrons. The minimum atomic E-state index is -0.989. The van der Waals surface area contributed by atoms with Crippen LogP contribution in [0, 0.1) is 0 Å². The lowest BCUT2D eigenvalue weighted by atomic mass is 10.1. The third-order valence-electron chi connectivity index (χ3n) is 3.58. The highest BCUT2D eigenvalue weighted by Gasteiger charge is 2.32. The first-order valence-corrected chi connectivity index (χ1v) is 6.85. The van der Waals surface area contributed by atoms with E-state index < -0.39 is 12.1 Å². The van der Waals surface area contributed by atoms with Crippen LogP contribution in [-0.2, 0) is 14.3 Å². The summed E-state index contributed by atoms with van der Waals surface area (Å²) >= 11 is 0. The van der Waals surface area contributed by atoms with Crippen LogP contribution in [0.4, 0.5) is 0 Å². The minimum Gasteiger partial charge on any atom is -0.480 e. The lowest BCUT2D eigenvalue weighted by molar-refractivity contribution is -0.156. The van der Waals surface area contributed by atoms with E-state index in [0.717, 1.165) is 19.5 Å². The number of hydrogen-bond acceptors (Lipinski definition) is 4. The van der Waals surface area contributed by atoms with Gasteiger partial charge in [0.05, 0.1) is 6.61 Å². The van der Waals surface area contributed by atoms with Gasteiger partial charge in [-0.1, -0.05) is 13.8 Å². The summed E-state index contributed by atoms with van der Waals surface area (Å²) in [6, 6.07) is -0.0933. The van der Waals surface area contributed by atoms with Crippen molar-refractivity contribution in [2.24, 2.45) is 0 Å². The molecule has 19 heavy (non-hydrogen) atoms. The zero-order valence-electron chi connectivity index (χ0n) is 12.0. The molecule has 0 aromatic heterocycles. The number of morpholine rings is 1. The lowest BCUT2D eigenvalue weighted by Gasteiger charge is -2.36. The monoisotopic (exact) mass is 272 g/mol. The first kappa shape index (κ1) is 15.9. The summed E-state index contributed by atoms with van der Waals surface area (Å²) in [5.41, 5.74) is 0. The average Bonchev–Trinajstić information content (AvgIpc) is 2.43. The van der Waals surface area contributed by atoms with Crippen molar-refractivity contribution in [3.63, 3.8) is 0 Å². The second kappa shape index (κ2) is 7.45. The molecule has 1 amide bonds. The number of carbonyl (C=O) groups excluding carboxylic acids is 1. The van der Waals surface area contributed by atoms with E-state index in [1.54, 1.807) is 0 Å². The van der Waals surface area contributed by atoms with Gasteiger partial charge in [0.1, 0.15) is 12.6 Å². The van der Waals surface area contributed by atoms with Gasteiger partial charge in [-0.25, -0.2) is 0 Å². The second-order valence-corrected chi connectivity index (χ2v) is 4.87. The van der Waals surface area contributed by atoms with Crippen molar-refractivity contribution < 1.29 is 19.4 Å². The van der Waals surface area contributed by atoms with Crippen molar-refractivity contribution in [3.8, 4) is 0 Å². The molecule has 0 unspecified atom stereocenters. The van der Waals surface area contributed by atoms with Gasteiger partial charge in [0.2, 0.25) is 0 Å². The minimum absolute atomic E-state index is 0.0933. The maximum absolute atomic E-state index is 12.4. The maximum atomic E-state index is 12.4. The van der Waals surface area contributed by atoms with Crippen LogP contribution >= 0.6 is 0 Å². The Balaban J connectivity index is 2.71. The highest BCUT2D eigenvalue weighted by Crippen LogP contribution is 2.12. The molecule has 0 saturated carbocycles. The molecule has 1 aliphatic heterocycles. The normalized spacial score (nSPS) is 21.9. The molecule has 0 spiro atoms. The Hall–Kier alpha value is -1.14. The van der Waals surface area contributed by atoms with Crippen molar-refractivity contribution in [2.75, 3.05) is 32.8 Å². The summed E-state index contributed by atoms with van der Waals surface area (Å²) in [6.07, 6.45) is 0.186. The molecular formula is C13H24N2O4. The van der Waals surface area contributed by atoms with Crippen LogP contribution in [0.15, 0.2) is 0 Å². The lowest BCUT2D eigenvalue weighted by Crippen LogP contribution is -2.53. The van der Waals surface area contributed by atoms with Crippen LogP contribution in [0.5, 0.6) is 0 Å². The fraction of sp³-hybridized carbons (Fsp3) is 0.846. The van der Waals surface area contributed by atoms with E-state index in [1.807, 2.05) is 20.8 Å². The number of carbonyl (C=O) groups is 2. The predicted octanol–water partition coefficient (Wildman–Crippen LogP) is 0.419. The topological polar surface area (TPSA) is 70.1 Å². The molecule has 1 N–H and O–H groups in total. The van der Waals surface area contributed by atoms with Gasteiger partial charge in [0, 0.05) is 19.1 Å². The Morgan fingerprint density at radius 2 is 2.16 bits per heavy atom. The Kier molecular flexibility index (Phi) is 6.24. The number of carboxylic acid groups (broad SMARTS) is 1. The van der Waals surface area contributed by atoms with Crippen LogP contribution < -0.4 is 0 Å². The third-order valence-corrected chi connectivity index (χ3v) is 3.58.